The summed E-state index contributed by atoms with van der Waals surface area (Å²) >= 11 is 0. The van der Waals surface area contributed by atoms with Gasteiger partial charge in [0.05, 0.1) is 0 Å². The highest BCUT2D eigenvalue weighted by Gasteiger charge is 2.20. The largest absolute Gasteiger partial charge is 0.340 e. The molecule has 6 aromatic carbocycles. The molecule has 0 N–H and O–H groups in total. The summed E-state index contributed by atoms with van der Waals surface area (Å²) in [5, 5.41) is 11.2. The van der Waals surface area contributed by atoms with Crippen LogP contribution in [0.2, 0.25) is 0 Å². The number of hydrogen-bond acceptors (Lipinski definition) is 0. The quantitative estimate of drug-likeness (QED) is 0.0268. The molecule has 484 valence electrons. The van der Waals surface area contributed by atoms with Crippen molar-refractivity contribution in [1.82, 2.24) is 18.3 Å². The maximum Gasteiger partial charge on any atom is 0.0499 e. The Balaban J connectivity index is 0.931. The maximum atomic E-state index is 2.72. The van der Waals surface area contributed by atoms with Gasteiger partial charge in [-0.3, -0.25) is 0 Å². The Bertz CT molecular complexity index is 3530. The van der Waals surface area contributed by atoms with Crippen LogP contribution in [0.25, 0.3) is 99.4 Å². The van der Waals surface area contributed by atoms with E-state index in [1.165, 1.54) is 355 Å². The van der Waals surface area contributed by atoms with Crippen LogP contribution >= 0.6 is 0 Å². The van der Waals surface area contributed by atoms with Gasteiger partial charge in [0.15, 0.2) is 0 Å². The number of nitrogens with zero attached hydrogens (tertiary/aromatic N) is 4. The number of aryl methyl sites for hydroxylation is 4. The van der Waals surface area contributed by atoms with E-state index in [1.54, 1.807) is 0 Å². The van der Waals surface area contributed by atoms with Crippen LogP contribution in [0.15, 0.2) is 109 Å². The molecular weight excluding hydrogens is 1090 g/mol. The van der Waals surface area contributed by atoms with Crippen molar-refractivity contribution < 1.29 is 0 Å². The SMILES string of the molecule is CCCCCCCCCCCCn1c2ccccc2c2cc3c(cc21)c1ccc(/C=C/c2ccc4c5cc6c(cc5n(CCCCCCCCCCCC)c4c2)c2ccccc2n6CCCCCCCCCCCC)cc1n3CCCCCCCCCCCC. The summed E-state index contributed by atoms with van der Waals surface area (Å²) in [5.74, 6) is 0. The zero-order chi connectivity index (χ0) is 62.0. The van der Waals surface area contributed by atoms with Crippen LogP contribution in [0.5, 0.6) is 0 Å². The molecule has 0 aliphatic carbocycles. The zero-order valence-electron chi connectivity index (χ0n) is 57.4. The molecule has 4 heterocycles. The van der Waals surface area contributed by atoms with Crippen molar-refractivity contribution in [2.75, 3.05) is 0 Å². The van der Waals surface area contributed by atoms with Crippen molar-refractivity contribution in [2.45, 2.75) is 311 Å². The third kappa shape index (κ3) is 17.7. The molecule has 0 atom stereocenters. The van der Waals surface area contributed by atoms with Crippen LogP contribution in [0.4, 0.5) is 0 Å². The van der Waals surface area contributed by atoms with E-state index in [2.05, 4.69) is 167 Å². The van der Waals surface area contributed by atoms with Crippen molar-refractivity contribution in [1.29, 1.82) is 0 Å². The van der Waals surface area contributed by atoms with E-state index >= 15 is 0 Å². The Kier molecular flexibility index (Phi) is 27.2. The normalized spacial score (nSPS) is 12.4. The van der Waals surface area contributed by atoms with Crippen molar-refractivity contribution in [3.63, 3.8) is 0 Å². The minimum atomic E-state index is 1.05. The Morgan fingerprint density at radius 1 is 0.200 bits per heavy atom. The summed E-state index contributed by atoms with van der Waals surface area (Å²) in [4.78, 5) is 0. The van der Waals surface area contributed by atoms with Crippen molar-refractivity contribution in [3.8, 4) is 0 Å². The monoisotopic (exact) mass is 1210 g/mol. The van der Waals surface area contributed by atoms with Gasteiger partial charge in [-0.2, -0.15) is 0 Å². The van der Waals surface area contributed by atoms with Crippen LogP contribution in [-0.4, -0.2) is 18.3 Å². The van der Waals surface area contributed by atoms with E-state index in [0.29, 0.717) is 0 Å². The number of aromatic nitrogens is 4. The number of fused-ring (bicyclic) bond motifs is 12. The highest BCUT2D eigenvalue weighted by Crippen LogP contribution is 2.41. The lowest BCUT2D eigenvalue weighted by molar-refractivity contribution is 0.541. The summed E-state index contributed by atoms with van der Waals surface area (Å²) in [5.41, 5.74) is 13.7. The summed E-state index contributed by atoms with van der Waals surface area (Å²) in [6, 6.07) is 43.6. The Morgan fingerprint density at radius 2 is 0.411 bits per heavy atom. The fraction of sp³-hybridized carbons (Fsp3) is 0.558. The lowest BCUT2D eigenvalue weighted by Crippen LogP contribution is -1.99. The molecule has 10 aromatic rings. The molecule has 0 saturated heterocycles. The van der Waals surface area contributed by atoms with Gasteiger partial charge in [-0.15, -0.1) is 0 Å². The van der Waals surface area contributed by atoms with Crippen molar-refractivity contribution in [3.05, 3.63) is 120 Å². The minimum absolute atomic E-state index is 1.05. The average molecular weight is 1210 g/mol. The van der Waals surface area contributed by atoms with E-state index in [1.807, 2.05) is 0 Å². The fourth-order valence-corrected chi connectivity index (χ4v) is 15.7. The van der Waals surface area contributed by atoms with Crippen molar-refractivity contribution >= 4 is 99.4 Å². The number of hydrogen-bond donors (Lipinski definition) is 0. The second-order valence-electron chi connectivity index (χ2n) is 28.0. The molecule has 4 heteroatoms. The molecular formula is C86H120N4. The molecule has 0 unspecified atom stereocenters. The summed E-state index contributed by atoms with van der Waals surface area (Å²) < 4.78 is 10.8. The molecule has 0 radical (unpaired) electrons. The van der Waals surface area contributed by atoms with Gasteiger partial charge in [0.2, 0.25) is 0 Å². The minimum Gasteiger partial charge on any atom is -0.340 e. The zero-order valence-corrected chi connectivity index (χ0v) is 57.4. The van der Waals surface area contributed by atoms with Crippen LogP contribution in [0, 0.1) is 0 Å². The standard InChI is InChI=1S/C86H120N4/c1-5-9-13-17-21-25-29-33-37-45-59-87-79-51-43-41-49-71(79)75-65-85-77(67-83(75)87)73-57-55-69(63-81(73)89(85)61-47-39-35-31-27-23-19-15-11-7-3)53-54-70-56-58-74-78-68-84-76(66-86(78)90(82(74)64-70)62-48-40-36-32-28-24-20-16-12-8-4)72-50-42-44-52-80(72)88(84)60-46-38-34-30-26-22-18-14-10-6-2/h41-44,49-58,63-68H,5-40,45-48,59-62H2,1-4H3/b54-53+. The first kappa shape index (κ1) is 67.2. The second kappa shape index (κ2) is 36.5. The van der Waals surface area contributed by atoms with Crippen LogP contribution in [0.3, 0.4) is 0 Å². The van der Waals surface area contributed by atoms with Crippen molar-refractivity contribution in [2.24, 2.45) is 0 Å². The summed E-state index contributed by atoms with van der Waals surface area (Å²) in [7, 11) is 0. The van der Waals surface area contributed by atoms with Gasteiger partial charge in [0, 0.05) is 113 Å². The fourth-order valence-electron chi connectivity index (χ4n) is 15.7. The third-order valence-corrected chi connectivity index (χ3v) is 21.0. The maximum absolute atomic E-state index is 2.72. The van der Waals surface area contributed by atoms with Crippen LogP contribution in [-0.2, 0) is 26.2 Å². The lowest BCUT2D eigenvalue weighted by atomic mass is 10.1. The van der Waals surface area contributed by atoms with Crippen LogP contribution in [0.1, 0.15) is 296 Å². The molecule has 90 heavy (non-hydrogen) atoms. The predicted octanol–water partition coefficient (Wildman–Crippen LogP) is 28.0. The molecule has 0 aliphatic heterocycles. The number of unbranched alkanes of at least 4 members (excludes halogenated alkanes) is 36. The molecule has 10 rings (SSSR count). The molecule has 4 nitrogen and oxygen atoms in total. The van der Waals surface area contributed by atoms with E-state index in [0.717, 1.165) is 26.2 Å². The first-order chi connectivity index (χ1) is 44.6. The van der Waals surface area contributed by atoms with E-state index < -0.39 is 0 Å². The van der Waals surface area contributed by atoms with E-state index in [9.17, 15) is 0 Å². The molecule has 0 saturated carbocycles. The number of para-hydroxylation sites is 2. The Morgan fingerprint density at radius 3 is 0.678 bits per heavy atom. The summed E-state index contributed by atoms with van der Waals surface area (Å²) in [6.07, 6.45) is 59.2. The molecule has 0 aliphatic rings. The topological polar surface area (TPSA) is 19.7 Å². The first-order valence-corrected chi connectivity index (χ1v) is 38.2. The molecule has 0 fully saturated rings. The van der Waals surface area contributed by atoms with Gasteiger partial charge in [-0.1, -0.05) is 332 Å². The lowest BCUT2D eigenvalue weighted by Gasteiger charge is -2.10. The summed E-state index contributed by atoms with van der Waals surface area (Å²) in [6.45, 7) is 13.6. The first-order valence-electron chi connectivity index (χ1n) is 38.2. The highest BCUT2D eigenvalue weighted by atomic mass is 15.0. The van der Waals surface area contributed by atoms with Gasteiger partial charge < -0.3 is 18.3 Å². The predicted molar refractivity (Wildman–Crippen MR) is 401 cm³/mol. The number of rotatable bonds is 46. The third-order valence-electron chi connectivity index (χ3n) is 21.0. The van der Waals surface area contributed by atoms with Gasteiger partial charge >= 0.3 is 0 Å². The second-order valence-corrected chi connectivity index (χ2v) is 28.0. The number of benzene rings is 6. The van der Waals surface area contributed by atoms with Gasteiger partial charge in [-0.05, 0) is 85.3 Å². The highest BCUT2D eigenvalue weighted by molar-refractivity contribution is 6.19. The Hall–Kier alpha value is -5.74. The van der Waals surface area contributed by atoms with Gasteiger partial charge in [0.1, 0.15) is 0 Å². The molecule has 0 bridgehead atoms. The Labute approximate surface area is 545 Å². The van der Waals surface area contributed by atoms with Crippen LogP contribution < -0.4 is 0 Å². The van der Waals surface area contributed by atoms with E-state index in [-0.39, 0.29) is 0 Å². The average Bonchev–Trinajstić information content (AvgIpc) is 1.60. The van der Waals surface area contributed by atoms with Gasteiger partial charge in [-0.25, -0.2) is 0 Å². The molecule has 0 spiro atoms. The molecule has 4 aromatic heterocycles. The smallest absolute Gasteiger partial charge is 0.0499 e. The molecule has 0 amide bonds. The van der Waals surface area contributed by atoms with E-state index in [4.69, 9.17) is 0 Å². The van der Waals surface area contributed by atoms with Gasteiger partial charge in [0.25, 0.3) is 0 Å².